The second-order valence-corrected chi connectivity index (χ2v) is 5.09. The summed E-state index contributed by atoms with van der Waals surface area (Å²) in [6, 6.07) is 10.4. The first kappa shape index (κ1) is 17.1. The molecule has 1 aromatic carbocycles. The average Bonchev–Trinajstić information content (AvgIpc) is 2.56. The minimum absolute atomic E-state index is 0.120. The van der Waals surface area contributed by atoms with Crippen LogP contribution < -0.4 is 0 Å². The number of halogens is 1. The quantitative estimate of drug-likeness (QED) is 0.575. The Morgan fingerprint density at radius 1 is 1.30 bits per heavy atom. The molecule has 1 aromatic heterocycles. The first-order valence-corrected chi connectivity index (χ1v) is 7.45. The number of rotatable bonds is 7. The van der Waals surface area contributed by atoms with Crippen molar-refractivity contribution >= 4 is 0 Å². The van der Waals surface area contributed by atoms with Crippen LogP contribution in [-0.4, -0.2) is 18.9 Å². The van der Waals surface area contributed by atoms with E-state index in [1.807, 2.05) is 6.92 Å². The van der Waals surface area contributed by atoms with Crippen LogP contribution in [0.1, 0.15) is 30.2 Å². The molecular formula is C18H19FN2O2. The largest absolute Gasteiger partial charge is 0.359 e. The van der Waals surface area contributed by atoms with Crippen LogP contribution in [0.15, 0.2) is 30.3 Å². The van der Waals surface area contributed by atoms with Gasteiger partial charge in [0.15, 0.2) is 0 Å². The van der Waals surface area contributed by atoms with Crippen molar-refractivity contribution in [3.8, 4) is 17.3 Å². The summed E-state index contributed by atoms with van der Waals surface area (Å²) in [7, 11) is 1.53. The van der Waals surface area contributed by atoms with E-state index >= 15 is 0 Å². The molecule has 23 heavy (non-hydrogen) atoms. The van der Waals surface area contributed by atoms with Crippen molar-refractivity contribution in [1.82, 2.24) is 4.98 Å². The molecule has 0 fully saturated rings. The summed E-state index contributed by atoms with van der Waals surface area (Å²) < 4.78 is 24.4. The van der Waals surface area contributed by atoms with Crippen molar-refractivity contribution in [3.05, 3.63) is 53.0 Å². The Bertz CT molecular complexity index is 711. The highest BCUT2D eigenvalue weighted by Crippen LogP contribution is 2.27. The maximum atomic E-state index is 14.2. The number of aromatic nitrogens is 1. The zero-order chi connectivity index (χ0) is 16.7. The lowest BCUT2D eigenvalue weighted by Gasteiger charge is -2.13. The first-order valence-electron chi connectivity index (χ1n) is 7.45. The number of methoxy groups -OCH3 is 1. The van der Waals surface area contributed by atoms with Crippen molar-refractivity contribution < 1.29 is 13.9 Å². The van der Waals surface area contributed by atoms with Gasteiger partial charge in [0.05, 0.1) is 23.6 Å². The Balaban J connectivity index is 2.54. The molecule has 0 aliphatic rings. The maximum absolute atomic E-state index is 14.2. The molecule has 120 valence electrons. The highest BCUT2D eigenvalue weighted by atomic mass is 19.1. The molecule has 0 atom stereocenters. The third kappa shape index (κ3) is 4.13. The van der Waals surface area contributed by atoms with Gasteiger partial charge in [0.25, 0.3) is 0 Å². The van der Waals surface area contributed by atoms with E-state index in [9.17, 15) is 9.65 Å². The summed E-state index contributed by atoms with van der Waals surface area (Å²) >= 11 is 0. The highest BCUT2D eigenvalue weighted by molar-refractivity contribution is 5.65. The van der Waals surface area contributed by atoms with Crippen molar-refractivity contribution in [2.45, 2.75) is 26.4 Å². The molecule has 4 nitrogen and oxygen atoms in total. The molecule has 2 aromatic rings. The van der Waals surface area contributed by atoms with Gasteiger partial charge >= 0.3 is 0 Å². The normalized spacial score (nSPS) is 10.5. The van der Waals surface area contributed by atoms with Gasteiger partial charge in [-0.15, -0.1) is 0 Å². The fourth-order valence-corrected chi connectivity index (χ4v) is 2.35. The van der Waals surface area contributed by atoms with Crippen molar-refractivity contribution in [2.75, 3.05) is 13.9 Å². The number of ether oxygens (including phenoxy) is 2. The van der Waals surface area contributed by atoms with Crippen LogP contribution in [0, 0.1) is 17.1 Å². The predicted molar refractivity (Wildman–Crippen MR) is 85.0 cm³/mol. The number of benzene rings is 1. The molecule has 0 aliphatic heterocycles. The van der Waals surface area contributed by atoms with E-state index in [0.29, 0.717) is 34.5 Å². The molecule has 0 saturated carbocycles. The number of aryl methyl sites for hydroxylation is 1. The van der Waals surface area contributed by atoms with Crippen LogP contribution in [0.4, 0.5) is 4.39 Å². The van der Waals surface area contributed by atoms with Gasteiger partial charge < -0.3 is 9.47 Å². The lowest BCUT2D eigenvalue weighted by atomic mass is 10.0. The number of pyridine rings is 1. The van der Waals surface area contributed by atoms with E-state index < -0.39 is 0 Å². The number of nitrogens with zero attached hydrogens (tertiary/aromatic N) is 2. The number of hydrogen-bond acceptors (Lipinski definition) is 4. The summed E-state index contributed by atoms with van der Waals surface area (Å²) in [5, 5.41) is 9.33. The Hall–Kier alpha value is -2.29. The maximum Gasteiger partial charge on any atom is 0.146 e. The smallest absolute Gasteiger partial charge is 0.146 e. The van der Waals surface area contributed by atoms with E-state index in [4.69, 9.17) is 9.47 Å². The van der Waals surface area contributed by atoms with Gasteiger partial charge in [-0.25, -0.2) is 4.39 Å². The highest BCUT2D eigenvalue weighted by Gasteiger charge is 2.16. The molecule has 0 N–H and O–H groups in total. The molecule has 0 amide bonds. The van der Waals surface area contributed by atoms with Crippen LogP contribution in [0.3, 0.4) is 0 Å². The van der Waals surface area contributed by atoms with E-state index in [1.165, 1.54) is 13.2 Å². The minimum atomic E-state index is -0.347. The van der Waals surface area contributed by atoms with Crippen LogP contribution in [0.2, 0.25) is 0 Å². The zero-order valence-electron chi connectivity index (χ0n) is 13.3. The second kappa shape index (κ2) is 8.37. The molecule has 2 rings (SSSR count). The van der Waals surface area contributed by atoms with Crippen molar-refractivity contribution in [3.63, 3.8) is 0 Å². The van der Waals surface area contributed by atoms with Gasteiger partial charge in [-0.1, -0.05) is 25.5 Å². The molecular weight excluding hydrogens is 295 g/mol. The van der Waals surface area contributed by atoms with Crippen molar-refractivity contribution in [2.24, 2.45) is 0 Å². The summed E-state index contributed by atoms with van der Waals surface area (Å²) in [6.45, 7) is 2.34. The van der Waals surface area contributed by atoms with Crippen LogP contribution >= 0.6 is 0 Å². The molecule has 1 heterocycles. The van der Waals surface area contributed by atoms with Crippen LogP contribution in [0.25, 0.3) is 11.3 Å². The lowest BCUT2D eigenvalue weighted by Crippen LogP contribution is -2.05. The van der Waals surface area contributed by atoms with Gasteiger partial charge in [-0.2, -0.15) is 5.26 Å². The second-order valence-electron chi connectivity index (χ2n) is 5.09. The third-order valence-electron chi connectivity index (χ3n) is 3.38. The summed E-state index contributed by atoms with van der Waals surface area (Å²) in [5.41, 5.74) is 2.78. The average molecular weight is 314 g/mol. The van der Waals surface area contributed by atoms with E-state index in [-0.39, 0.29) is 19.2 Å². The SMILES string of the molecule is CCCc1nc(-c2ccccc2F)c(COCOC)cc1C#N. The third-order valence-corrected chi connectivity index (χ3v) is 3.38. The molecule has 0 saturated heterocycles. The Morgan fingerprint density at radius 3 is 2.74 bits per heavy atom. The zero-order valence-corrected chi connectivity index (χ0v) is 13.3. The van der Waals surface area contributed by atoms with Crippen LogP contribution in [0.5, 0.6) is 0 Å². The lowest BCUT2D eigenvalue weighted by molar-refractivity contribution is -0.0390. The van der Waals surface area contributed by atoms with E-state index in [0.717, 1.165) is 6.42 Å². The monoisotopic (exact) mass is 314 g/mol. The molecule has 0 radical (unpaired) electrons. The summed E-state index contributed by atoms with van der Waals surface area (Å²) in [6.07, 6.45) is 1.53. The van der Waals surface area contributed by atoms with E-state index in [2.05, 4.69) is 11.1 Å². The Kier molecular flexibility index (Phi) is 6.21. The minimum Gasteiger partial charge on any atom is -0.359 e. The number of nitriles is 1. The molecule has 0 spiro atoms. The van der Waals surface area contributed by atoms with Crippen LogP contribution in [-0.2, 0) is 22.5 Å². The van der Waals surface area contributed by atoms with Gasteiger partial charge in [-0.05, 0) is 24.6 Å². The summed E-state index contributed by atoms with van der Waals surface area (Å²) in [5.74, 6) is -0.347. The molecule has 0 unspecified atom stereocenters. The van der Waals surface area contributed by atoms with Gasteiger partial charge in [0.2, 0.25) is 0 Å². The number of hydrogen-bond donors (Lipinski definition) is 0. The predicted octanol–water partition coefficient (Wildman–Crippen LogP) is 3.83. The fraction of sp³-hybridized carbons (Fsp3) is 0.333. The first-order chi connectivity index (χ1) is 11.2. The standard InChI is InChI=1S/C18H19FN2O2/c1-3-6-17-13(10-20)9-14(11-23-12-22-2)18(21-17)15-7-4-5-8-16(15)19/h4-5,7-9H,3,6,11-12H2,1-2H3. The van der Waals surface area contributed by atoms with Gasteiger partial charge in [0, 0.05) is 18.2 Å². The molecule has 5 heteroatoms. The summed E-state index contributed by atoms with van der Waals surface area (Å²) in [4.78, 5) is 4.56. The molecule has 0 aliphatic carbocycles. The Morgan fingerprint density at radius 2 is 2.09 bits per heavy atom. The topological polar surface area (TPSA) is 55.1 Å². The van der Waals surface area contributed by atoms with Crippen molar-refractivity contribution in [1.29, 1.82) is 5.26 Å². The Labute approximate surface area is 135 Å². The molecule has 0 bridgehead atoms. The van der Waals surface area contributed by atoms with Gasteiger partial charge in [-0.3, -0.25) is 4.98 Å². The van der Waals surface area contributed by atoms with E-state index in [1.54, 1.807) is 24.3 Å². The van der Waals surface area contributed by atoms with Gasteiger partial charge in [0.1, 0.15) is 18.7 Å². The fourth-order valence-electron chi connectivity index (χ4n) is 2.35.